The summed E-state index contributed by atoms with van der Waals surface area (Å²) in [5, 5.41) is 3.17. The number of piperazine rings is 1. The van der Waals surface area contributed by atoms with Crippen LogP contribution in [0, 0.1) is 6.92 Å². The van der Waals surface area contributed by atoms with Crippen LogP contribution in [0.15, 0.2) is 18.5 Å². The topological polar surface area (TPSA) is 51.7 Å². The van der Waals surface area contributed by atoms with Gasteiger partial charge in [0.15, 0.2) is 0 Å². The first-order valence-corrected chi connectivity index (χ1v) is 9.61. The molecule has 1 aromatic rings. The Balaban J connectivity index is 1.46. The second kappa shape index (κ2) is 8.52. The molecule has 0 aromatic carbocycles. The Bertz CT molecular complexity index is 571. The number of hydrogen-bond donors (Lipinski definition) is 1. The van der Waals surface area contributed by atoms with E-state index in [4.69, 9.17) is 0 Å². The molecule has 2 amide bonds. The number of aryl methyl sites for hydroxylation is 1. The summed E-state index contributed by atoms with van der Waals surface area (Å²) < 4.78 is 0. The van der Waals surface area contributed by atoms with Crippen molar-refractivity contribution in [1.82, 2.24) is 20.1 Å². The largest absolute Gasteiger partial charge is 0.368 e. The summed E-state index contributed by atoms with van der Waals surface area (Å²) in [6.07, 6.45) is 7.50. The lowest BCUT2D eigenvalue weighted by Crippen LogP contribution is -2.54. The molecule has 2 saturated heterocycles. The van der Waals surface area contributed by atoms with Crippen molar-refractivity contribution in [3.8, 4) is 0 Å². The van der Waals surface area contributed by atoms with Gasteiger partial charge in [-0.15, -0.1) is 0 Å². The van der Waals surface area contributed by atoms with Crippen molar-refractivity contribution >= 4 is 11.7 Å². The third kappa shape index (κ3) is 4.42. The number of carbonyl (C=O) groups excluding carboxylic acids is 1. The highest BCUT2D eigenvalue weighted by molar-refractivity contribution is 5.74. The van der Waals surface area contributed by atoms with Crippen LogP contribution in [0.4, 0.5) is 10.5 Å². The van der Waals surface area contributed by atoms with Crippen LogP contribution in [-0.4, -0.2) is 72.7 Å². The molecule has 6 nitrogen and oxygen atoms in total. The van der Waals surface area contributed by atoms with E-state index in [-0.39, 0.29) is 6.03 Å². The number of rotatable bonds is 4. The third-order valence-corrected chi connectivity index (χ3v) is 5.54. The average Bonchev–Trinajstić information content (AvgIpc) is 2.67. The molecule has 0 aliphatic carbocycles. The molecule has 3 heterocycles. The van der Waals surface area contributed by atoms with Gasteiger partial charge >= 0.3 is 6.03 Å². The van der Waals surface area contributed by atoms with Gasteiger partial charge in [-0.25, -0.2) is 4.79 Å². The van der Waals surface area contributed by atoms with E-state index in [1.807, 2.05) is 17.3 Å². The maximum Gasteiger partial charge on any atom is 0.317 e. The van der Waals surface area contributed by atoms with Gasteiger partial charge in [0, 0.05) is 56.8 Å². The number of nitrogens with one attached hydrogen (secondary N) is 1. The van der Waals surface area contributed by atoms with Crippen LogP contribution in [-0.2, 0) is 0 Å². The Labute approximate surface area is 151 Å². The molecule has 2 aliphatic rings. The number of aromatic nitrogens is 1. The number of urea groups is 1. The van der Waals surface area contributed by atoms with E-state index in [0.717, 1.165) is 39.3 Å². The van der Waals surface area contributed by atoms with Crippen molar-refractivity contribution in [2.75, 3.05) is 50.7 Å². The standard InChI is InChI=1S/C19H31N5O/c1-3-22-9-5-4-6-17(22)15-21-19(25)24-12-10-23(11-13-24)18-7-8-20-14-16(18)2/h7-8,14,17H,3-6,9-13,15H2,1-2H3,(H,21,25)/t17-/m1/s1. The Morgan fingerprint density at radius 3 is 2.76 bits per heavy atom. The second-order valence-electron chi connectivity index (χ2n) is 7.10. The lowest BCUT2D eigenvalue weighted by Gasteiger charge is -2.38. The highest BCUT2D eigenvalue weighted by Gasteiger charge is 2.25. The summed E-state index contributed by atoms with van der Waals surface area (Å²) in [5.74, 6) is 0. The fraction of sp³-hybridized carbons (Fsp3) is 0.684. The van der Waals surface area contributed by atoms with Gasteiger partial charge in [-0.3, -0.25) is 9.88 Å². The van der Waals surface area contributed by atoms with Crippen LogP contribution >= 0.6 is 0 Å². The zero-order valence-electron chi connectivity index (χ0n) is 15.6. The van der Waals surface area contributed by atoms with Gasteiger partial charge in [0.25, 0.3) is 0 Å². The first-order chi connectivity index (χ1) is 12.2. The lowest BCUT2D eigenvalue weighted by molar-refractivity contribution is 0.147. The van der Waals surface area contributed by atoms with Gasteiger partial charge in [0.05, 0.1) is 0 Å². The Morgan fingerprint density at radius 1 is 1.24 bits per heavy atom. The van der Waals surface area contributed by atoms with Gasteiger partial charge in [0.1, 0.15) is 0 Å². The van der Waals surface area contributed by atoms with E-state index in [0.29, 0.717) is 6.04 Å². The molecule has 1 N–H and O–H groups in total. The first-order valence-electron chi connectivity index (χ1n) is 9.61. The van der Waals surface area contributed by atoms with Gasteiger partial charge in [-0.2, -0.15) is 0 Å². The molecule has 2 aliphatic heterocycles. The number of pyridine rings is 1. The zero-order chi connectivity index (χ0) is 17.6. The summed E-state index contributed by atoms with van der Waals surface area (Å²) in [4.78, 5) is 23.5. The molecule has 1 atom stereocenters. The number of piperidine rings is 1. The number of likely N-dealkylation sites (tertiary alicyclic amines) is 1. The summed E-state index contributed by atoms with van der Waals surface area (Å²) in [6.45, 7) is 10.6. The SMILES string of the molecule is CCN1CCCC[C@@H]1CNC(=O)N1CCN(c2ccncc2C)CC1. The third-order valence-electron chi connectivity index (χ3n) is 5.54. The molecule has 25 heavy (non-hydrogen) atoms. The number of carbonyl (C=O) groups is 1. The summed E-state index contributed by atoms with van der Waals surface area (Å²) in [5.41, 5.74) is 2.42. The zero-order valence-corrected chi connectivity index (χ0v) is 15.6. The van der Waals surface area contributed by atoms with Crippen molar-refractivity contribution in [2.24, 2.45) is 0 Å². The monoisotopic (exact) mass is 345 g/mol. The summed E-state index contributed by atoms with van der Waals surface area (Å²) in [6, 6.07) is 2.66. The van der Waals surface area contributed by atoms with Gasteiger partial charge in [-0.1, -0.05) is 13.3 Å². The molecule has 2 fully saturated rings. The number of amides is 2. The predicted octanol–water partition coefficient (Wildman–Crippen LogP) is 2.10. The molecule has 138 valence electrons. The van der Waals surface area contributed by atoms with Crippen LogP contribution in [0.1, 0.15) is 31.7 Å². The average molecular weight is 345 g/mol. The highest BCUT2D eigenvalue weighted by Crippen LogP contribution is 2.20. The predicted molar refractivity (Wildman–Crippen MR) is 101 cm³/mol. The highest BCUT2D eigenvalue weighted by atomic mass is 16.2. The summed E-state index contributed by atoms with van der Waals surface area (Å²) >= 11 is 0. The first kappa shape index (κ1) is 18.0. The fourth-order valence-electron chi connectivity index (χ4n) is 4.00. The normalized spacial score (nSPS) is 22.1. The number of likely N-dealkylation sites (N-methyl/N-ethyl adjacent to an activating group) is 1. The molecule has 0 radical (unpaired) electrons. The maximum absolute atomic E-state index is 12.5. The minimum Gasteiger partial charge on any atom is -0.368 e. The molecule has 0 spiro atoms. The van der Waals surface area contributed by atoms with Crippen LogP contribution in [0.2, 0.25) is 0 Å². The second-order valence-corrected chi connectivity index (χ2v) is 7.10. The number of anilines is 1. The smallest absolute Gasteiger partial charge is 0.317 e. The molecule has 0 unspecified atom stereocenters. The van der Waals surface area contributed by atoms with E-state index in [1.54, 1.807) is 0 Å². The van der Waals surface area contributed by atoms with E-state index < -0.39 is 0 Å². The number of hydrogen-bond acceptors (Lipinski definition) is 4. The summed E-state index contributed by atoms with van der Waals surface area (Å²) in [7, 11) is 0. The lowest BCUT2D eigenvalue weighted by atomic mass is 10.0. The quantitative estimate of drug-likeness (QED) is 0.908. The van der Waals surface area contributed by atoms with Crippen molar-refractivity contribution in [1.29, 1.82) is 0 Å². The molecule has 3 rings (SSSR count). The van der Waals surface area contributed by atoms with E-state index in [1.165, 1.54) is 37.1 Å². The number of nitrogens with zero attached hydrogens (tertiary/aromatic N) is 4. The molecule has 0 saturated carbocycles. The van der Waals surface area contributed by atoms with Crippen LogP contribution < -0.4 is 10.2 Å². The van der Waals surface area contributed by atoms with E-state index >= 15 is 0 Å². The van der Waals surface area contributed by atoms with Gasteiger partial charge in [0.2, 0.25) is 0 Å². The Hall–Kier alpha value is -1.82. The molecular formula is C19H31N5O. The van der Waals surface area contributed by atoms with Gasteiger partial charge < -0.3 is 15.1 Å². The van der Waals surface area contributed by atoms with E-state index in [2.05, 4.69) is 40.0 Å². The van der Waals surface area contributed by atoms with E-state index in [9.17, 15) is 4.79 Å². The van der Waals surface area contributed by atoms with Crippen molar-refractivity contribution in [3.63, 3.8) is 0 Å². The van der Waals surface area contributed by atoms with Crippen LogP contribution in [0.5, 0.6) is 0 Å². The fourth-order valence-corrected chi connectivity index (χ4v) is 4.00. The maximum atomic E-state index is 12.5. The molecular weight excluding hydrogens is 314 g/mol. The molecule has 1 aromatic heterocycles. The molecule has 0 bridgehead atoms. The van der Waals surface area contributed by atoms with Crippen molar-refractivity contribution in [3.05, 3.63) is 24.0 Å². The Morgan fingerprint density at radius 2 is 2.04 bits per heavy atom. The molecule has 6 heteroatoms. The van der Waals surface area contributed by atoms with Crippen molar-refractivity contribution in [2.45, 2.75) is 39.2 Å². The van der Waals surface area contributed by atoms with Crippen LogP contribution in [0.3, 0.4) is 0 Å². The van der Waals surface area contributed by atoms with Crippen LogP contribution in [0.25, 0.3) is 0 Å². The minimum atomic E-state index is 0.0905. The van der Waals surface area contributed by atoms with Crippen molar-refractivity contribution < 1.29 is 4.79 Å². The Kier molecular flexibility index (Phi) is 6.13. The minimum absolute atomic E-state index is 0.0905. The van der Waals surface area contributed by atoms with Gasteiger partial charge in [-0.05, 0) is 44.5 Å².